The van der Waals surface area contributed by atoms with Crippen LogP contribution in [0.3, 0.4) is 0 Å². The summed E-state index contributed by atoms with van der Waals surface area (Å²) in [7, 11) is 1.89. The molecular formula is C11H16N2OS. The summed E-state index contributed by atoms with van der Waals surface area (Å²) in [4.78, 5) is 15.1. The van der Waals surface area contributed by atoms with Crippen LogP contribution < -0.4 is 5.32 Å². The zero-order valence-electron chi connectivity index (χ0n) is 9.06. The Bertz CT molecular complexity index is 332. The number of hydrogen-bond acceptors (Lipinski definition) is 3. The molecule has 1 aromatic rings. The van der Waals surface area contributed by atoms with Crippen LogP contribution in [0, 0.1) is 5.92 Å². The van der Waals surface area contributed by atoms with Crippen LogP contribution in [0.4, 0.5) is 0 Å². The van der Waals surface area contributed by atoms with Gasteiger partial charge in [0.15, 0.2) is 0 Å². The molecule has 1 atom stereocenters. The molecule has 82 valence electrons. The van der Waals surface area contributed by atoms with E-state index in [4.69, 9.17) is 0 Å². The average Bonchev–Trinajstić information content (AvgIpc) is 2.65. The first kappa shape index (κ1) is 10.6. The molecule has 4 heteroatoms. The summed E-state index contributed by atoms with van der Waals surface area (Å²) >= 11 is 1.70. The minimum atomic E-state index is 0.192. The lowest BCUT2D eigenvalue weighted by Crippen LogP contribution is -2.51. The van der Waals surface area contributed by atoms with Gasteiger partial charge in [-0.05, 0) is 18.4 Å². The maximum absolute atomic E-state index is 12.0. The Morgan fingerprint density at radius 2 is 2.40 bits per heavy atom. The largest absolute Gasteiger partial charge is 0.338 e. The molecule has 3 nitrogen and oxygen atoms in total. The second kappa shape index (κ2) is 4.33. The molecule has 0 bridgehead atoms. The average molecular weight is 224 g/mol. The first-order valence-corrected chi connectivity index (χ1v) is 6.09. The van der Waals surface area contributed by atoms with E-state index in [0.29, 0.717) is 0 Å². The fourth-order valence-corrected chi connectivity index (χ4v) is 2.49. The summed E-state index contributed by atoms with van der Waals surface area (Å²) in [6.45, 7) is 3.75. The van der Waals surface area contributed by atoms with E-state index >= 15 is 0 Å². The molecule has 15 heavy (non-hydrogen) atoms. The van der Waals surface area contributed by atoms with Crippen LogP contribution in [0.25, 0.3) is 0 Å². The third-order valence-electron chi connectivity index (χ3n) is 3.01. The van der Waals surface area contributed by atoms with Gasteiger partial charge in [-0.1, -0.05) is 6.07 Å². The van der Waals surface area contributed by atoms with Crippen molar-refractivity contribution in [3.05, 3.63) is 22.4 Å². The minimum absolute atomic E-state index is 0.192. The van der Waals surface area contributed by atoms with Crippen molar-refractivity contribution < 1.29 is 4.79 Å². The van der Waals surface area contributed by atoms with Gasteiger partial charge in [-0.25, -0.2) is 0 Å². The number of amides is 1. The van der Waals surface area contributed by atoms with Crippen molar-refractivity contribution in [3.63, 3.8) is 0 Å². The SMILES string of the molecule is CC(c1cccs1)N(C)C(=O)C1CNC1. The highest BCUT2D eigenvalue weighted by molar-refractivity contribution is 7.10. The van der Waals surface area contributed by atoms with Crippen LogP contribution in [0.5, 0.6) is 0 Å². The van der Waals surface area contributed by atoms with Gasteiger partial charge in [0.2, 0.25) is 5.91 Å². The van der Waals surface area contributed by atoms with E-state index in [1.165, 1.54) is 4.88 Å². The minimum Gasteiger partial charge on any atom is -0.338 e. The lowest BCUT2D eigenvalue weighted by atomic mass is 10.0. The smallest absolute Gasteiger partial charge is 0.228 e. The van der Waals surface area contributed by atoms with Crippen LogP contribution in [-0.2, 0) is 4.79 Å². The molecule has 1 aliphatic rings. The Kier molecular flexibility index (Phi) is 3.07. The molecule has 1 amide bonds. The topological polar surface area (TPSA) is 32.3 Å². The highest BCUT2D eigenvalue weighted by atomic mass is 32.1. The summed E-state index contributed by atoms with van der Waals surface area (Å²) in [5.41, 5.74) is 0. The Hall–Kier alpha value is -0.870. The molecule has 1 saturated heterocycles. The molecule has 0 saturated carbocycles. The van der Waals surface area contributed by atoms with E-state index in [1.807, 2.05) is 18.0 Å². The number of nitrogens with zero attached hydrogens (tertiary/aromatic N) is 1. The van der Waals surface area contributed by atoms with Gasteiger partial charge in [-0.15, -0.1) is 11.3 Å². The number of hydrogen-bond donors (Lipinski definition) is 1. The van der Waals surface area contributed by atoms with Crippen LogP contribution >= 0.6 is 11.3 Å². The van der Waals surface area contributed by atoms with E-state index < -0.39 is 0 Å². The van der Waals surface area contributed by atoms with Crippen LogP contribution in [0.2, 0.25) is 0 Å². The summed E-state index contributed by atoms with van der Waals surface area (Å²) < 4.78 is 0. The summed E-state index contributed by atoms with van der Waals surface area (Å²) in [5, 5.41) is 5.18. The number of thiophene rings is 1. The fraction of sp³-hybridized carbons (Fsp3) is 0.545. The predicted octanol–water partition coefficient (Wildman–Crippen LogP) is 1.49. The van der Waals surface area contributed by atoms with Gasteiger partial charge in [0.05, 0.1) is 12.0 Å². The fourth-order valence-electron chi connectivity index (χ4n) is 1.66. The van der Waals surface area contributed by atoms with E-state index in [0.717, 1.165) is 13.1 Å². The van der Waals surface area contributed by atoms with Crippen LogP contribution in [0.15, 0.2) is 17.5 Å². The summed E-state index contributed by atoms with van der Waals surface area (Å²) in [5.74, 6) is 0.451. The van der Waals surface area contributed by atoms with Crippen molar-refractivity contribution in [2.24, 2.45) is 5.92 Å². The number of rotatable bonds is 3. The van der Waals surface area contributed by atoms with Gasteiger partial charge in [-0.2, -0.15) is 0 Å². The van der Waals surface area contributed by atoms with Crippen molar-refractivity contribution in [1.29, 1.82) is 0 Å². The molecule has 0 spiro atoms. The first-order chi connectivity index (χ1) is 7.20. The Balaban J connectivity index is 2.00. The highest BCUT2D eigenvalue weighted by Crippen LogP contribution is 2.25. The number of carbonyl (C=O) groups excluding carboxylic acids is 1. The Morgan fingerprint density at radius 3 is 2.87 bits per heavy atom. The summed E-state index contributed by atoms with van der Waals surface area (Å²) in [6, 6.07) is 4.30. The highest BCUT2D eigenvalue weighted by Gasteiger charge is 2.30. The molecular weight excluding hydrogens is 208 g/mol. The molecule has 0 aliphatic carbocycles. The lowest BCUT2D eigenvalue weighted by Gasteiger charge is -2.33. The predicted molar refractivity (Wildman–Crippen MR) is 61.9 cm³/mol. The quantitative estimate of drug-likeness (QED) is 0.843. The van der Waals surface area contributed by atoms with Crippen LogP contribution in [-0.4, -0.2) is 30.9 Å². The zero-order valence-corrected chi connectivity index (χ0v) is 9.88. The van der Waals surface area contributed by atoms with Gasteiger partial charge in [0, 0.05) is 25.0 Å². The van der Waals surface area contributed by atoms with Crippen molar-refractivity contribution in [1.82, 2.24) is 10.2 Å². The van der Waals surface area contributed by atoms with Gasteiger partial charge in [0.1, 0.15) is 0 Å². The molecule has 1 fully saturated rings. The first-order valence-electron chi connectivity index (χ1n) is 5.21. The Labute approximate surface area is 94.1 Å². The molecule has 1 aromatic heterocycles. The third-order valence-corrected chi connectivity index (χ3v) is 4.06. The third kappa shape index (κ3) is 2.06. The van der Waals surface area contributed by atoms with Gasteiger partial charge >= 0.3 is 0 Å². The van der Waals surface area contributed by atoms with Crippen molar-refractivity contribution in [2.75, 3.05) is 20.1 Å². The van der Waals surface area contributed by atoms with Gasteiger partial charge in [0.25, 0.3) is 0 Å². The maximum Gasteiger partial charge on any atom is 0.228 e. The maximum atomic E-state index is 12.0. The molecule has 1 aliphatic heterocycles. The molecule has 0 aromatic carbocycles. The van der Waals surface area contributed by atoms with Crippen molar-refractivity contribution in [2.45, 2.75) is 13.0 Å². The summed E-state index contributed by atoms with van der Waals surface area (Å²) in [6.07, 6.45) is 0. The molecule has 0 radical (unpaired) electrons. The van der Waals surface area contributed by atoms with E-state index in [9.17, 15) is 4.79 Å². The standard InChI is InChI=1S/C11H16N2OS/c1-8(10-4-3-5-15-10)13(2)11(14)9-6-12-7-9/h3-5,8-9,12H,6-7H2,1-2H3. The number of carbonyl (C=O) groups is 1. The monoisotopic (exact) mass is 224 g/mol. The zero-order chi connectivity index (χ0) is 10.8. The normalized spacial score (nSPS) is 18.3. The van der Waals surface area contributed by atoms with E-state index in [1.54, 1.807) is 11.3 Å². The van der Waals surface area contributed by atoms with Crippen molar-refractivity contribution in [3.8, 4) is 0 Å². The van der Waals surface area contributed by atoms with Crippen LogP contribution in [0.1, 0.15) is 17.8 Å². The van der Waals surface area contributed by atoms with Gasteiger partial charge in [-0.3, -0.25) is 4.79 Å². The van der Waals surface area contributed by atoms with E-state index in [-0.39, 0.29) is 17.9 Å². The van der Waals surface area contributed by atoms with Crippen molar-refractivity contribution >= 4 is 17.2 Å². The molecule has 1 N–H and O–H groups in total. The molecule has 1 unspecified atom stereocenters. The second-order valence-electron chi connectivity index (χ2n) is 4.00. The second-order valence-corrected chi connectivity index (χ2v) is 4.97. The molecule has 2 rings (SSSR count). The molecule has 2 heterocycles. The lowest BCUT2D eigenvalue weighted by molar-refractivity contribution is -0.137. The Morgan fingerprint density at radius 1 is 1.67 bits per heavy atom. The van der Waals surface area contributed by atoms with E-state index in [2.05, 4.69) is 23.7 Å². The van der Waals surface area contributed by atoms with Gasteiger partial charge < -0.3 is 10.2 Å². The number of nitrogens with one attached hydrogen (secondary N) is 1.